The Balaban J connectivity index is 2.08. The van der Waals surface area contributed by atoms with Crippen LogP contribution in [0.5, 0.6) is 5.75 Å². The van der Waals surface area contributed by atoms with Crippen molar-refractivity contribution in [3.63, 3.8) is 0 Å². The lowest BCUT2D eigenvalue weighted by molar-refractivity contribution is 0.380. The molecule has 100 valence electrons. The molecule has 0 bridgehead atoms. The molecule has 1 aromatic carbocycles. The number of methoxy groups -OCH3 is 1. The van der Waals surface area contributed by atoms with Crippen LogP contribution in [0.2, 0.25) is 0 Å². The highest BCUT2D eigenvalue weighted by Crippen LogP contribution is 2.34. The average Bonchev–Trinajstić information content (AvgIpc) is 3.13. The van der Waals surface area contributed by atoms with Gasteiger partial charge in [-0.1, -0.05) is 13.8 Å². The van der Waals surface area contributed by atoms with Crippen LogP contribution in [-0.2, 0) is 5.41 Å². The van der Waals surface area contributed by atoms with E-state index < -0.39 is 0 Å². The van der Waals surface area contributed by atoms with Gasteiger partial charge >= 0.3 is 0 Å². The molecule has 1 aliphatic carbocycles. The lowest BCUT2D eigenvalue weighted by atomic mass is 9.81. The minimum atomic E-state index is -0.200. The molecule has 0 spiro atoms. The molecule has 0 heterocycles. The van der Waals surface area contributed by atoms with Crippen molar-refractivity contribution in [2.45, 2.75) is 44.6 Å². The number of benzene rings is 1. The summed E-state index contributed by atoms with van der Waals surface area (Å²) in [5, 5.41) is 3.50. The summed E-state index contributed by atoms with van der Waals surface area (Å²) in [5.74, 6) is 0.571. The van der Waals surface area contributed by atoms with Gasteiger partial charge in [-0.15, -0.1) is 0 Å². The first kappa shape index (κ1) is 13.3. The van der Waals surface area contributed by atoms with E-state index in [1.807, 2.05) is 0 Å². The van der Waals surface area contributed by atoms with Gasteiger partial charge in [-0.3, -0.25) is 0 Å². The van der Waals surface area contributed by atoms with Crippen LogP contribution in [0.1, 0.15) is 38.7 Å². The van der Waals surface area contributed by atoms with Crippen LogP contribution in [0.15, 0.2) is 18.2 Å². The van der Waals surface area contributed by atoms with Crippen molar-refractivity contribution in [2.24, 2.45) is 0 Å². The number of nitrogens with one attached hydrogen (secondary N) is 1. The Kier molecular flexibility index (Phi) is 3.91. The number of ether oxygens (including phenoxy) is 1. The number of rotatable bonds is 6. The van der Waals surface area contributed by atoms with Crippen molar-refractivity contribution in [3.05, 3.63) is 29.6 Å². The second-order valence-corrected chi connectivity index (χ2v) is 5.71. The van der Waals surface area contributed by atoms with Crippen molar-refractivity contribution in [1.29, 1.82) is 0 Å². The molecule has 18 heavy (non-hydrogen) atoms. The van der Waals surface area contributed by atoms with Gasteiger partial charge in [-0.05, 0) is 49.4 Å². The lowest BCUT2D eigenvalue weighted by Crippen LogP contribution is -2.27. The van der Waals surface area contributed by atoms with Crippen molar-refractivity contribution < 1.29 is 9.13 Å². The fraction of sp³-hybridized carbons (Fsp3) is 0.600. The maximum absolute atomic E-state index is 13.4. The number of hydrogen-bond donors (Lipinski definition) is 1. The minimum absolute atomic E-state index is 0.0880. The van der Waals surface area contributed by atoms with Gasteiger partial charge in [0.1, 0.15) is 11.6 Å². The van der Waals surface area contributed by atoms with Crippen LogP contribution in [0, 0.1) is 5.82 Å². The van der Waals surface area contributed by atoms with E-state index in [2.05, 4.69) is 19.2 Å². The Morgan fingerprint density at radius 3 is 2.72 bits per heavy atom. The van der Waals surface area contributed by atoms with Gasteiger partial charge in [0.2, 0.25) is 0 Å². The fourth-order valence-electron chi connectivity index (χ4n) is 2.22. The predicted molar refractivity (Wildman–Crippen MR) is 71.6 cm³/mol. The number of hydrogen-bond acceptors (Lipinski definition) is 2. The fourth-order valence-corrected chi connectivity index (χ4v) is 2.22. The maximum atomic E-state index is 13.4. The second kappa shape index (κ2) is 5.27. The maximum Gasteiger partial charge on any atom is 0.123 e. The summed E-state index contributed by atoms with van der Waals surface area (Å²) in [4.78, 5) is 0. The molecule has 0 aromatic heterocycles. The highest BCUT2D eigenvalue weighted by molar-refractivity contribution is 5.39. The predicted octanol–water partition coefficient (Wildman–Crippen LogP) is 3.25. The van der Waals surface area contributed by atoms with Gasteiger partial charge in [-0.25, -0.2) is 4.39 Å². The highest BCUT2D eigenvalue weighted by atomic mass is 19.1. The Hall–Kier alpha value is -1.09. The van der Waals surface area contributed by atoms with Gasteiger partial charge in [0, 0.05) is 11.6 Å². The van der Waals surface area contributed by atoms with E-state index in [1.165, 1.54) is 18.9 Å². The van der Waals surface area contributed by atoms with Crippen LogP contribution in [0.25, 0.3) is 0 Å². The summed E-state index contributed by atoms with van der Waals surface area (Å²) in [6, 6.07) is 5.47. The zero-order valence-corrected chi connectivity index (χ0v) is 11.4. The molecular weight excluding hydrogens is 229 g/mol. The van der Waals surface area contributed by atoms with Crippen molar-refractivity contribution in [1.82, 2.24) is 5.32 Å². The minimum Gasteiger partial charge on any atom is -0.496 e. The standard InChI is InChI=1S/C15H22FNO/c1-15(2,8-9-17-12-5-6-12)13-10-11(16)4-7-14(13)18-3/h4,7,10,12,17H,5-6,8-9H2,1-3H3. The first-order valence-corrected chi connectivity index (χ1v) is 6.60. The van der Waals surface area contributed by atoms with E-state index in [0.717, 1.165) is 30.3 Å². The van der Waals surface area contributed by atoms with E-state index in [4.69, 9.17) is 4.74 Å². The van der Waals surface area contributed by atoms with Crippen LogP contribution < -0.4 is 10.1 Å². The molecule has 1 fully saturated rings. The summed E-state index contributed by atoms with van der Waals surface area (Å²) in [5.41, 5.74) is 0.859. The number of halogens is 1. The van der Waals surface area contributed by atoms with E-state index in [-0.39, 0.29) is 11.2 Å². The highest BCUT2D eigenvalue weighted by Gasteiger charge is 2.26. The third kappa shape index (κ3) is 3.22. The summed E-state index contributed by atoms with van der Waals surface area (Å²) in [7, 11) is 1.63. The summed E-state index contributed by atoms with van der Waals surface area (Å²) in [6.07, 6.45) is 3.57. The molecule has 1 aliphatic rings. The van der Waals surface area contributed by atoms with Crippen LogP contribution in [0.3, 0.4) is 0 Å². The molecule has 0 radical (unpaired) electrons. The molecule has 2 nitrogen and oxygen atoms in total. The van der Waals surface area contributed by atoms with Gasteiger partial charge in [-0.2, -0.15) is 0 Å². The van der Waals surface area contributed by atoms with E-state index in [9.17, 15) is 4.39 Å². The van der Waals surface area contributed by atoms with Gasteiger partial charge < -0.3 is 10.1 Å². The van der Waals surface area contributed by atoms with E-state index >= 15 is 0 Å². The Morgan fingerprint density at radius 2 is 2.11 bits per heavy atom. The molecule has 1 aromatic rings. The molecule has 0 unspecified atom stereocenters. The molecule has 0 saturated heterocycles. The topological polar surface area (TPSA) is 21.3 Å². The molecule has 0 aliphatic heterocycles. The summed E-state index contributed by atoms with van der Waals surface area (Å²) < 4.78 is 18.7. The SMILES string of the molecule is COc1ccc(F)cc1C(C)(C)CCNC1CC1. The molecule has 0 amide bonds. The van der Waals surface area contributed by atoms with E-state index in [0.29, 0.717) is 0 Å². The van der Waals surface area contributed by atoms with Crippen LogP contribution >= 0.6 is 0 Å². The molecule has 3 heteroatoms. The average molecular weight is 251 g/mol. The molecular formula is C15H22FNO. The Morgan fingerprint density at radius 1 is 1.39 bits per heavy atom. The molecule has 1 N–H and O–H groups in total. The quantitative estimate of drug-likeness (QED) is 0.838. The smallest absolute Gasteiger partial charge is 0.123 e. The first-order valence-electron chi connectivity index (χ1n) is 6.60. The van der Waals surface area contributed by atoms with Gasteiger partial charge in [0.25, 0.3) is 0 Å². The molecule has 0 atom stereocenters. The molecule has 2 rings (SSSR count). The third-order valence-electron chi connectivity index (χ3n) is 3.65. The third-order valence-corrected chi connectivity index (χ3v) is 3.65. The monoisotopic (exact) mass is 251 g/mol. The van der Waals surface area contributed by atoms with Crippen molar-refractivity contribution in [2.75, 3.05) is 13.7 Å². The largest absolute Gasteiger partial charge is 0.496 e. The Labute approximate surface area is 109 Å². The van der Waals surface area contributed by atoms with E-state index in [1.54, 1.807) is 19.2 Å². The van der Waals surface area contributed by atoms with Gasteiger partial charge in [0.05, 0.1) is 7.11 Å². The zero-order valence-electron chi connectivity index (χ0n) is 11.4. The zero-order chi connectivity index (χ0) is 13.2. The first-order chi connectivity index (χ1) is 8.53. The summed E-state index contributed by atoms with van der Waals surface area (Å²) >= 11 is 0. The second-order valence-electron chi connectivity index (χ2n) is 5.71. The van der Waals surface area contributed by atoms with Crippen LogP contribution in [0.4, 0.5) is 4.39 Å². The van der Waals surface area contributed by atoms with Crippen LogP contribution in [-0.4, -0.2) is 19.7 Å². The van der Waals surface area contributed by atoms with Crippen molar-refractivity contribution in [3.8, 4) is 5.75 Å². The lowest BCUT2D eigenvalue weighted by Gasteiger charge is -2.27. The van der Waals surface area contributed by atoms with Crippen molar-refractivity contribution >= 4 is 0 Å². The molecule has 1 saturated carbocycles. The normalized spacial score (nSPS) is 15.8. The Bertz CT molecular complexity index is 413. The summed E-state index contributed by atoms with van der Waals surface area (Å²) in [6.45, 7) is 5.25. The van der Waals surface area contributed by atoms with Gasteiger partial charge in [0.15, 0.2) is 0 Å².